The average molecular weight is 434 g/mol. The number of aryl methyl sites for hydroxylation is 1. The van der Waals surface area contributed by atoms with Crippen molar-refractivity contribution in [3.05, 3.63) is 54.1 Å². The molecule has 12 heteroatoms. The van der Waals surface area contributed by atoms with Gasteiger partial charge in [-0.25, -0.2) is 5.53 Å². The lowest BCUT2D eigenvalue weighted by molar-refractivity contribution is 0.481. The second-order valence-corrected chi connectivity index (χ2v) is 8.81. The van der Waals surface area contributed by atoms with E-state index in [0.717, 1.165) is 12.1 Å². The Bertz CT molecular complexity index is 1380. The fraction of sp³-hybridized carbons (Fsp3) is 0.0588. The van der Waals surface area contributed by atoms with Crippen LogP contribution in [0.5, 0.6) is 0 Å². The molecule has 0 aliphatic carbocycles. The molecule has 0 unspecified atom stereocenters. The monoisotopic (exact) mass is 434 g/mol. The van der Waals surface area contributed by atoms with Crippen molar-refractivity contribution in [1.29, 1.82) is 5.53 Å². The Kier molecular flexibility index (Phi) is 5.28. The van der Waals surface area contributed by atoms with Crippen LogP contribution in [0.1, 0.15) is 5.56 Å². The first-order valence-corrected chi connectivity index (χ1v) is 10.8. The molecule has 0 saturated carbocycles. The van der Waals surface area contributed by atoms with Crippen molar-refractivity contribution in [2.75, 3.05) is 0 Å². The minimum absolute atomic E-state index is 0.0603. The molecule has 0 aliphatic rings. The molecule has 0 spiro atoms. The fourth-order valence-electron chi connectivity index (χ4n) is 2.74. The predicted molar refractivity (Wildman–Crippen MR) is 104 cm³/mol. The minimum Gasteiger partial charge on any atom is -0.282 e. The van der Waals surface area contributed by atoms with E-state index in [9.17, 15) is 25.9 Å². The van der Waals surface area contributed by atoms with Crippen LogP contribution < -0.4 is 0 Å². The first-order valence-electron chi connectivity index (χ1n) is 7.92. The molecule has 3 N–H and O–H groups in total. The van der Waals surface area contributed by atoms with Crippen LogP contribution >= 0.6 is 0 Å². The number of hydrogen-bond acceptors (Lipinski definition) is 8. The molecule has 150 valence electrons. The van der Waals surface area contributed by atoms with E-state index in [1.165, 1.54) is 24.3 Å². The molecular formula is C17H14N4O6S2. The summed E-state index contributed by atoms with van der Waals surface area (Å²) in [7, 11) is -9.39. The molecular weight excluding hydrogens is 420 g/mol. The van der Waals surface area contributed by atoms with E-state index < -0.39 is 30.0 Å². The summed E-state index contributed by atoms with van der Waals surface area (Å²) >= 11 is 0. The molecule has 10 nitrogen and oxygen atoms in total. The Labute approximate surface area is 165 Å². The van der Waals surface area contributed by atoms with Crippen LogP contribution in [0.15, 0.2) is 73.7 Å². The first kappa shape index (κ1) is 20.7. The summed E-state index contributed by atoms with van der Waals surface area (Å²) in [5.74, 6) is 0. The maximum Gasteiger partial charge on any atom is 0.295 e. The maximum atomic E-state index is 11.8. The lowest BCUT2D eigenvalue weighted by Gasteiger charge is -2.08. The van der Waals surface area contributed by atoms with Crippen LogP contribution in [0.3, 0.4) is 0 Å². The largest absolute Gasteiger partial charge is 0.295 e. The lowest BCUT2D eigenvalue weighted by Crippen LogP contribution is -2.03. The van der Waals surface area contributed by atoms with Crippen LogP contribution in [0, 0.1) is 12.5 Å². The second-order valence-electron chi connectivity index (χ2n) is 6.03. The summed E-state index contributed by atoms with van der Waals surface area (Å²) in [4.78, 5) is -1.11. The third-order valence-electron chi connectivity index (χ3n) is 4.04. The summed E-state index contributed by atoms with van der Waals surface area (Å²) in [5.41, 5.74) is 8.41. The van der Waals surface area contributed by atoms with Gasteiger partial charge in [0, 0.05) is 10.8 Å². The van der Waals surface area contributed by atoms with Crippen LogP contribution in [-0.2, 0) is 20.2 Å². The number of rotatable bonds is 5. The van der Waals surface area contributed by atoms with Gasteiger partial charge in [-0.15, -0.1) is 0 Å². The van der Waals surface area contributed by atoms with E-state index in [2.05, 4.69) is 15.3 Å². The van der Waals surface area contributed by atoms with Gasteiger partial charge in [-0.2, -0.15) is 32.2 Å². The van der Waals surface area contributed by atoms with Crippen molar-refractivity contribution in [1.82, 2.24) is 0 Å². The van der Waals surface area contributed by atoms with Crippen molar-refractivity contribution in [2.24, 2.45) is 15.3 Å². The Morgan fingerprint density at radius 2 is 1.48 bits per heavy atom. The molecule has 3 aromatic carbocycles. The molecule has 0 amide bonds. The van der Waals surface area contributed by atoms with E-state index in [-0.39, 0.29) is 16.5 Å². The van der Waals surface area contributed by atoms with Gasteiger partial charge in [-0.3, -0.25) is 9.11 Å². The fourth-order valence-corrected chi connectivity index (χ4v) is 4.16. The topological polar surface area (TPSA) is 170 Å². The zero-order valence-corrected chi connectivity index (χ0v) is 16.4. The van der Waals surface area contributed by atoms with E-state index in [1.807, 2.05) is 0 Å². The zero-order valence-electron chi connectivity index (χ0n) is 14.8. The number of benzene rings is 3. The molecule has 0 aliphatic heterocycles. The summed E-state index contributed by atoms with van der Waals surface area (Å²) in [6.07, 6.45) is 0. The van der Waals surface area contributed by atoms with E-state index >= 15 is 0 Å². The van der Waals surface area contributed by atoms with E-state index in [4.69, 9.17) is 5.53 Å². The van der Waals surface area contributed by atoms with Crippen molar-refractivity contribution in [2.45, 2.75) is 16.7 Å². The molecule has 0 fully saturated rings. The molecule has 29 heavy (non-hydrogen) atoms. The standard InChI is InChI=1S/C17H14N4O6S2/c1-10-7-11(19-18)5-6-15(10)21-20-12-8-14-13(17(9-12)29(25,26)27)3-2-4-16(14)28(22,23)24/h2-9,18H,1H3,(H,22,23,24)(H,25,26,27). The highest BCUT2D eigenvalue weighted by Crippen LogP contribution is 2.34. The van der Waals surface area contributed by atoms with Crippen LogP contribution in [0.4, 0.5) is 17.1 Å². The van der Waals surface area contributed by atoms with Gasteiger partial charge >= 0.3 is 0 Å². The molecule has 0 saturated heterocycles. The molecule has 0 heterocycles. The second kappa shape index (κ2) is 7.40. The third-order valence-corrected chi connectivity index (χ3v) is 5.85. The summed E-state index contributed by atoms with van der Waals surface area (Å²) < 4.78 is 65.9. The highest BCUT2D eigenvalue weighted by atomic mass is 32.2. The molecule has 3 rings (SSSR count). The molecule has 0 bridgehead atoms. The Balaban J connectivity index is 2.25. The predicted octanol–water partition coefficient (Wildman–Crippen LogP) is 4.72. The third kappa shape index (κ3) is 4.35. The Morgan fingerprint density at radius 1 is 0.793 bits per heavy atom. The Morgan fingerprint density at radius 3 is 2.07 bits per heavy atom. The number of nitrogens with one attached hydrogen (secondary N) is 1. The lowest BCUT2D eigenvalue weighted by atomic mass is 10.1. The summed E-state index contributed by atoms with van der Waals surface area (Å²) in [6.45, 7) is 1.71. The number of azo groups is 1. The van der Waals surface area contributed by atoms with Crippen molar-refractivity contribution in [3.63, 3.8) is 0 Å². The SMILES string of the molecule is Cc1cc(N=N)ccc1N=Nc1cc(S(=O)(=O)O)c2cccc(S(=O)(=O)O)c2c1. The highest BCUT2D eigenvalue weighted by Gasteiger charge is 2.21. The normalized spacial score (nSPS) is 12.5. The van der Waals surface area contributed by atoms with Gasteiger partial charge in [0.25, 0.3) is 20.2 Å². The smallest absolute Gasteiger partial charge is 0.282 e. The molecule has 3 aromatic rings. The summed E-state index contributed by atoms with van der Waals surface area (Å²) in [5, 5.41) is 11.0. The van der Waals surface area contributed by atoms with E-state index in [0.29, 0.717) is 16.9 Å². The Hall–Kier alpha value is -3.06. The molecule has 0 atom stereocenters. The number of fused-ring (bicyclic) bond motifs is 1. The minimum atomic E-state index is -4.73. The summed E-state index contributed by atoms with van der Waals surface area (Å²) in [6, 6.07) is 10.6. The van der Waals surface area contributed by atoms with Crippen molar-refractivity contribution < 1.29 is 25.9 Å². The van der Waals surface area contributed by atoms with Crippen molar-refractivity contribution in [3.8, 4) is 0 Å². The molecule has 0 aromatic heterocycles. The van der Waals surface area contributed by atoms with Crippen LogP contribution in [0.2, 0.25) is 0 Å². The zero-order chi connectivity index (χ0) is 21.4. The van der Waals surface area contributed by atoms with Gasteiger partial charge in [0.15, 0.2) is 0 Å². The number of hydrogen-bond donors (Lipinski definition) is 3. The average Bonchev–Trinajstić information content (AvgIpc) is 2.64. The van der Waals surface area contributed by atoms with Crippen molar-refractivity contribution >= 4 is 48.1 Å². The van der Waals surface area contributed by atoms with Gasteiger partial charge in [-0.05, 0) is 48.9 Å². The van der Waals surface area contributed by atoms with Gasteiger partial charge in [0.05, 0.1) is 17.1 Å². The first-order chi connectivity index (χ1) is 13.5. The van der Waals surface area contributed by atoms with Gasteiger partial charge < -0.3 is 0 Å². The van der Waals surface area contributed by atoms with E-state index in [1.54, 1.807) is 19.1 Å². The van der Waals surface area contributed by atoms with Gasteiger partial charge in [0.1, 0.15) is 9.79 Å². The van der Waals surface area contributed by atoms with Gasteiger partial charge in [-0.1, -0.05) is 12.1 Å². The maximum absolute atomic E-state index is 11.8. The van der Waals surface area contributed by atoms with Crippen LogP contribution in [-0.4, -0.2) is 25.9 Å². The number of nitrogens with zero attached hydrogens (tertiary/aromatic N) is 3. The molecule has 0 radical (unpaired) electrons. The highest BCUT2D eigenvalue weighted by molar-refractivity contribution is 7.86. The van der Waals surface area contributed by atoms with Gasteiger partial charge in [0.2, 0.25) is 0 Å². The van der Waals surface area contributed by atoms with Crippen LogP contribution in [0.25, 0.3) is 10.8 Å². The quantitative estimate of drug-likeness (QED) is 0.387.